The van der Waals surface area contributed by atoms with Crippen LogP contribution in [0.15, 0.2) is 61.0 Å². The monoisotopic (exact) mass is 371 g/mol. The highest BCUT2D eigenvalue weighted by molar-refractivity contribution is 7.13. The van der Waals surface area contributed by atoms with E-state index >= 15 is 0 Å². The van der Waals surface area contributed by atoms with Gasteiger partial charge in [0.1, 0.15) is 0 Å². The van der Waals surface area contributed by atoms with Crippen LogP contribution in [0.1, 0.15) is 16.1 Å². The van der Waals surface area contributed by atoms with Gasteiger partial charge in [0, 0.05) is 25.0 Å². The van der Waals surface area contributed by atoms with Crippen LogP contribution in [0.5, 0.6) is 0 Å². The van der Waals surface area contributed by atoms with Crippen LogP contribution in [0.3, 0.4) is 0 Å². The van der Waals surface area contributed by atoms with Crippen molar-refractivity contribution in [2.24, 2.45) is 0 Å². The summed E-state index contributed by atoms with van der Waals surface area (Å²) in [6.07, 6.45) is 3.21. The van der Waals surface area contributed by atoms with E-state index in [2.05, 4.69) is 23.5 Å². The van der Waals surface area contributed by atoms with Gasteiger partial charge in [-0.05, 0) is 5.56 Å². The van der Waals surface area contributed by atoms with E-state index in [1.165, 1.54) is 16.2 Å². The fourth-order valence-electron chi connectivity index (χ4n) is 2.10. The standard InChI is InChI=1S/C19H21N3O3S/c1-3-10-22(11-4-2)17(23)13-25-18(24)16-14-26-19(21-16)20-12-15-8-6-5-7-9-15/h3-9,14H,1-2,10-13H2,(H,20,21). The lowest BCUT2D eigenvalue weighted by Crippen LogP contribution is -2.35. The molecule has 1 heterocycles. The Bertz CT molecular complexity index is 748. The van der Waals surface area contributed by atoms with Crippen LogP contribution in [0.4, 0.5) is 5.13 Å². The number of esters is 1. The Labute approximate surface area is 156 Å². The Kier molecular flexibility index (Phi) is 7.57. The molecule has 0 fully saturated rings. The summed E-state index contributed by atoms with van der Waals surface area (Å²) in [5.74, 6) is -0.935. The summed E-state index contributed by atoms with van der Waals surface area (Å²) in [5.41, 5.74) is 1.29. The van der Waals surface area contributed by atoms with Crippen molar-refractivity contribution in [3.63, 3.8) is 0 Å². The van der Waals surface area contributed by atoms with Crippen LogP contribution in [-0.4, -0.2) is 41.5 Å². The van der Waals surface area contributed by atoms with Gasteiger partial charge in [-0.15, -0.1) is 24.5 Å². The minimum atomic E-state index is -0.625. The average molecular weight is 371 g/mol. The lowest BCUT2D eigenvalue weighted by atomic mass is 10.2. The molecular weight excluding hydrogens is 350 g/mol. The molecule has 0 radical (unpaired) electrons. The van der Waals surface area contributed by atoms with Crippen LogP contribution in [-0.2, 0) is 16.1 Å². The molecule has 0 bridgehead atoms. The topological polar surface area (TPSA) is 71.5 Å². The van der Waals surface area contributed by atoms with E-state index in [0.717, 1.165) is 5.56 Å². The quantitative estimate of drug-likeness (QED) is 0.513. The van der Waals surface area contributed by atoms with Crippen molar-refractivity contribution in [1.29, 1.82) is 0 Å². The first-order valence-corrected chi connectivity index (χ1v) is 8.92. The Morgan fingerprint density at radius 3 is 2.54 bits per heavy atom. The van der Waals surface area contributed by atoms with E-state index in [0.29, 0.717) is 24.8 Å². The minimum absolute atomic E-state index is 0.178. The molecule has 6 nitrogen and oxygen atoms in total. The van der Waals surface area contributed by atoms with Crippen LogP contribution in [0, 0.1) is 0 Å². The highest BCUT2D eigenvalue weighted by atomic mass is 32.1. The number of thiazole rings is 1. The van der Waals surface area contributed by atoms with Gasteiger partial charge in [-0.2, -0.15) is 0 Å². The first kappa shape index (κ1) is 19.4. The number of nitrogens with zero attached hydrogens (tertiary/aromatic N) is 2. The van der Waals surface area contributed by atoms with Crippen molar-refractivity contribution in [1.82, 2.24) is 9.88 Å². The fourth-order valence-corrected chi connectivity index (χ4v) is 2.78. The fraction of sp³-hybridized carbons (Fsp3) is 0.211. The van der Waals surface area contributed by atoms with Gasteiger partial charge in [0.25, 0.3) is 5.91 Å². The summed E-state index contributed by atoms with van der Waals surface area (Å²) in [6, 6.07) is 9.87. The summed E-state index contributed by atoms with van der Waals surface area (Å²) in [4.78, 5) is 29.8. The molecule has 2 aromatic rings. The predicted octanol–water partition coefficient (Wildman–Crippen LogP) is 3.11. The van der Waals surface area contributed by atoms with E-state index in [1.807, 2.05) is 30.3 Å². The number of rotatable bonds is 10. The van der Waals surface area contributed by atoms with Crippen molar-refractivity contribution >= 4 is 28.3 Å². The largest absolute Gasteiger partial charge is 0.451 e. The molecule has 1 N–H and O–H groups in total. The SMILES string of the molecule is C=CCN(CC=C)C(=O)COC(=O)c1csc(NCc2ccccc2)n1. The van der Waals surface area contributed by atoms with E-state index < -0.39 is 5.97 Å². The third kappa shape index (κ3) is 5.86. The molecule has 1 aromatic carbocycles. The third-order valence-corrected chi connectivity index (χ3v) is 4.18. The molecule has 0 atom stereocenters. The van der Waals surface area contributed by atoms with Crippen molar-refractivity contribution in [2.75, 3.05) is 25.0 Å². The first-order valence-electron chi connectivity index (χ1n) is 8.04. The van der Waals surface area contributed by atoms with Crippen molar-refractivity contribution in [3.05, 3.63) is 72.3 Å². The molecule has 0 aliphatic carbocycles. The zero-order valence-electron chi connectivity index (χ0n) is 14.4. The van der Waals surface area contributed by atoms with E-state index in [1.54, 1.807) is 17.5 Å². The molecule has 0 saturated carbocycles. The van der Waals surface area contributed by atoms with Gasteiger partial charge in [-0.1, -0.05) is 42.5 Å². The molecule has 0 unspecified atom stereocenters. The number of hydrogen-bond acceptors (Lipinski definition) is 6. The molecule has 0 aliphatic heterocycles. The van der Waals surface area contributed by atoms with Crippen LogP contribution < -0.4 is 5.32 Å². The van der Waals surface area contributed by atoms with Gasteiger partial charge in [0.15, 0.2) is 17.4 Å². The summed E-state index contributed by atoms with van der Waals surface area (Å²) in [7, 11) is 0. The Morgan fingerprint density at radius 2 is 1.88 bits per heavy atom. The molecule has 1 aromatic heterocycles. The number of benzene rings is 1. The predicted molar refractivity (Wildman–Crippen MR) is 103 cm³/mol. The Balaban J connectivity index is 1.84. The number of nitrogens with one attached hydrogen (secondary N) is 1. The van der Waals surface area contributed by atoms with Crippen LogP contribution in [0.2, 0.25) is 0 Å². The first-order chi connectivity index (χ1) is 12.6. The van der Waals surface area contributed by atoms with Crippen molar-refractivity contribution in [3.8, 4) is 0 Å². The summed E-state index contributed by atoms with van der Waals surface area (Å²) in [5, 5.41) is 5.38. The van der Waals surface area contributed by atoms with Crippen molar-refractivity contribution < 1.29 is 14.3 Å². The van der Waals surface area contributed by atoms with Gasteiger partial charge in [0.2, 0.25) is 0 Å². The number of aromatic nitrogens is 1. The molecule has 7 heteroatoms. The Hall–Kier alpha value is -2.93. The van der Waals surface area contributed by atoms with E-state index in [4.69, 9.17) is 4.74 Å². The normalized spacial score (nSPS) is 10.0. The molecule has 26 heavy (non-hydrogen) atoms. The number of amides is 1. The second-order valence-corrected chi connectivity index (χ2v) is 6.19. The summed E-state index contributed by atoms with van der Waals surface area (Å²) in [6.45, 7) is 8.20. The summed E-state index contributed by atoms with van der Waals surface area (Å²) >= 11 is 1.31. The molecule has 0 saturated heterocycles. The van der Waals surface area contributed by atoms with Gasteiger partial charge in [0.05, 0.1) is 0 Å². The maximum atomic E-state index is 12.1. The van der Waals surface area contributed by atoms with Gasteiger partial charge in [-0.25, -0.2) is 9.78 Å². The third-order valence-electron chi connectivity index (χ3n) is 3.38. The molecule has 0 spiro atoms. The van der Waals surface area contributed by atoms with Crippen molar-refractivity contribution in [2.45, 2.75) is 6.54 Å². The molecule has 1 amide bonds. The lowest BCUT2D eigenvalue weighted by molar-refractivity contribution is -0.133. The van der Waals surface area contributed by atoms with Crippen LogP contribution >= 0.6 is 11.3 Å². The minimum Gasteiger partial charge on any atom is -0.451 e. The van der Waals surface area contributed by atoms with Gasteiger partial charge < -0.3 is 15.0 Å². The lowest BCUT2D eigenvalue weighted by Gasteiger charge is -2.18. The molecule has 0 aliphatic rings. The molecule has 136 valence electrons. The number of carbonyl (C=O) groups excluding carboxylic acids is 2. The maximum Gasteiger partial charge on any atom is 0.358 e. The Morgan fingerprint density at radius 1 is 1.19 bits per heavy atom. The van der Waals surface area contributed by atoms with Crippen LogP contribution in [0.25, 0.3) is 0 Å². The average Bonchev–Trinajstić information content (AvgIpc) is 3.14. The number of hydrogen-bond donors (Lipinski definition) is 1. The molecule has 2 rings (SSSR count). The maximum absolute atomic E-state index is 12.1. The number of carbonyl (C=O) groups is 2. The zero-order valence-corrected chi connectivity index (χ0v) is 15.2. The van der Waals surface area contributed by atoms with Gasteiger partial charge in [-0.3, -0.25) is 4.79 Å². The van der Waals surface area contributed by atoms with E-state index in [9.17, 15) is 9.59 Å². The van der Waals surface area contributed by atoms with E-state index in [-0.39, 0.29) is 18.2 Å². The second kappa shape index (κ2) is 10.1. The number of anilines is 1. The highest BCUT2D eigenvalue weighted by Gasteiger charge is 2.17. The smallest absolute Gasteiger partial charge is 0.358 e. The number of ether oxygens (including phenoxy) is 1. The zero-order chi connectivity index (χ0) is 18.8. The van der Waals surface area contributed by atoms with Gasteiger partial charge >= 0.3 is 5.97 Å². The second-order valence-electron chi connectivity index (χ2n) is 5.33. The highest BCUT2D eigenvalue weighted by Crippen LogP contribution is 2.17. The summed E-state index contributed by atoms with van der Waals surface area (Å²) < 4.78 is 5.06. The molecular formula is C19H21N3O3S.